The summed E-state index contributed by atoms with van der Waals surface area (Å²) in [6.07, 6.45) is 16.7. The lowest BCUT2D eigenvalue weighted by molar-refractivity contribution is 0.286. The van der Waals surface area contributed by atoms with E-state index >= 15 is 0 Å². The van der Waals surface area contributed by atoms with Gasteiger partial charge in [-0.1, -0.05) is 120 Å². The molecule has 0 amide bonds. The topological polar surface area (TPSA) is 79.9 Å². The van der Waals surface area contributed by atoms with Crippen LogP contribution in [0.5, 0.6) is 11.5 Å². The lowest BCUT2D eigenvalue weighted by Crippen LogP contribution is -2.13. The van der Waals surface area contributed by atoms with E-state index in [2.05, 4.69) is 163 Å². The zero-order chi connectivity index (χ0) is 32.5. The summed E-state index contributed by atoms with van der Waals surface area (Å²) in [5.74, 6) is 1.92. The van der Waals surface area contributed by atoms with Gasteiger partial charge in [0.1, 0.15) is 43.5 Å². The summed E-state index contributed by atoms with van der Waals surface area (Å²) < 4.78 is 19.1. The van der Waals surface area contributed by atoms with E-state index in [1.54, 1.807) is 0 Å². The summed E-state index contributed by atoms with van der Waals surface area (Å²) in [5.41, 5.74) is 3.95. The number of allylic oxidation sites excluding steroid dienone is 8. The first-order valence-corrected chi connectivity index (χ1v) is 18.0. The molecular formula is C38H30I2N6O2. The van der Waals surface area contributed by atoms with Gasteiger partial charge in [0, 0.05) is 23.0 Å². The summed E-state index contributed by atoms with van der Waals surface area (Å²) in [6, 6.07) is 25.2. The maximum atomic E-state index is 6.63. The number of nitrogens with zero attached hydrogens (tertiary/aromatic N) is 6. The lowest BCUT2D eigenvalue weighted by atomic mass is 9.92. The van der Waals surface area contributed by atoms with Gasteiger partial charge in [-0.25, -0.2) is 9.36 Å². The van der Waals surface area contributed by atoms with Gasteiger partial charge in [-0.3, -0.25) is 0 Å². The minimum Gasteiger partial charge on any atom is -0.491 e. The van der Waals surface area contributed by atoms with Gasteiger partial charge in [-0.15, -0.1) is 10.2 Å². The molecule has 0 bridgehead atoms. The molecule has 6 aromatic rings. The van der Waals surface area contributed by atoms with E-state index in [1.807, 2.05) is 33.7 Å². The first kappa shape index (κ1) is 31.0. The van der Waals surface area contributed by atoms with E-state index in [-0.39, 0.29) is 11.8 Å². The Hall–Kier alpha value is -4.30. The van der Waals surface area contributed by atoms with Gasteiger partial charge in [0.2, 0.25) is 0 Å². The molecule has 0 radical (unpaired) electrons. The smallest absolute Gasteiger partial charge is 0.128 e. The fourth-order valence-electron chi connectivity index (χ4n) is 6.30. The second kappa shape index (κ2) is 13.7. The van der Waals surface area contributed by atoms with Gasteiger partial charge in [0.25, 0.3) is 0 Å². The number of hydrogen-bond donors (Lipinski definition) is 0. The van der Waals surface area contributed by atoms with Crippen LogP contribution in [0.4, 0.5) is 0 Å². The second-order valence-electron chi connectivity index (χ2n) is 11.6. The molecule has 8 rings (SSSR count). The highest BCUT2D eigenvalue weighted by Gasteiger charge is 2.22. The van der Waals surface area contributed by atoms with E-state index in [0.717, 1.165) is 63.0 Å². The first-order chi connectivity index (χ1) is 23.7. The van der Waals surface area contributed by atoms with E-state index in [9.17, 15) is 0 Å². The van der Waals surface area contributed by atoms with Crippen molar-refractivity contribution in [3.63, 3.8) is 0 Å². The molecule has 4 aromatic carbocycles. The zero-order valence-electron chi connectivity index (χ0n) is 25.8. The molecule has 238 valence electrons. The van der Waals surface area contributed by atoms with Crippen molar-refractivity contribution in [1.82, 2.24) is 30.0 Å². The van der Waals surface area contributed by atoms with Gasteiger partial charge in [0.05, 0.1) is 13.1 Å². The van der Waals surface area contributed by atoms with Gasteiger partial charge >= 0.3 is 0 Å². The average molecular weight is 857 g/mol. The van der Waals surface area contributed by atoms with Crippen LogP contribution in [0.3, 0.4) is 0 Å². The number of hydrogen-bond acceptors (Lipinski definition) is 6. The van der Waals surface area contributed by atoms with Gasteiger partial charge in [-0.05, 0) is 78.9 Å². The molecule has 0 fully saturated rings. The van der Waals surface area contributed by atoms with Gasteiger partial charge < -0.3 is 9.47 Å². The summed E-state index contributed by atoms with van der Waals surface area (Å²) in [4.78, 5) is 0. The molecule has 0 spiro atoms. The maximum absolute atomic E-state index is 6.63. The van der Waals surface area contributed by atoms with Gasteiger partial charge in [-0.2, -0.15) is 0 Å². The highest BCUT2D eigenvalue weighted by atomic mass is 127. The van der Waals surface area contributed by atoms with Crippen LogP contribution in [0.1, 0.15) is 23.2 Å². The molecule has 8 nitrogen and oxygen atoms in total. The number of fused-ring (bicyclic) bond motifs is 2. The Morgan fingerprint density at radius 3 is 1.40 bits per heavy atom. The number of halogens is 2. The highest BCUT2D eigenvalue weighted by molar-refractivity contribution is 14.1. The fourth-order valence-corrected chi connectivity index (χ4v) is 7.91. The minimum absolute atomic E-state index is 0.167. The molecular weight excluding hydrogens is 826 g/mol. The van der Waals surface area contributed by atoms with Crippen molar-refractivity contribution in [2.75, 3.05) is 13.2 Å². The fraction of sp³-hybridized carbons (Fsp3) is 0.158. The van der Waals surface area contributed by atoms with Crippen molar-refractivity contribution in [3.8, 4) is 22.6 Å². The molecule has 0 unspecified atom stereocenters. The monoisotopic (exact) mass is 856 g/mol. The Morgan fingerprint density at radius 2 is 0.958 bits per heavy atom. The van der Waals surface area contributed by atoms with E-state index < -0.39 is 0 Å². The predicted octanol–water partition coefficient (Wildman–Crippen LogP) is 8.63. The average Bonchev–Trinajstić information content (AvgIpc) is 3.95. The van der Waals surface area contributed by atoms with Crippen molar-refractivity contribution in [1.29, 1.82) is 0 Å². The van der Waals surface area contributed by atoms with Crippen molar-refractivity contribution < 1.29 is 9.47 Å². The summed E-state index contributed by atoms with van der Waals surface area (Å²) in [5, 5.41) is 22.3. The van der Waals surface area contributed by atoms with E-state index in [1.165, 1.54) is 0 Å². The van der Waals surface area contributed by atoms with Crippen molar-refractivity contribution in [3.05, 3.63) is 140 Å². The number of rotatable bonds is 11. The van der Waals surface area contributed by atoms with Crippen molar-refractivity contribution in [2.24, 2.45) is 0 Å². The molecule has 2 aromatic heterocycles. The Balaban J connectivity index is 1.11. The lowest BCUT2D eigenvalue weighted by Gasteiger charge is -2.20. The first-order valence-electron chi connectivity index (χ1n) is 15.8. The van der Waals surface area contributed by atoms with E-state index in [0.29, 0.717) is 26.3 Å². The number of aromatic nitrogens is 6. The van der Waals surface area contributed by atoms with Gasteiger partial charge in [0.15, 0.2) is 0 Å². The molecule has 0 N–H and O–H groups in total. The quantitative estimate of drug-likeness (QED) is 0.122. The molecule has 10 heteroatoms. The van der Waals surface area contributed by atoms with E-state index in [4.69, 9.17) is 9.47 Å². The Kier molecular flexibility index (Phi) is 8.83. The Morgan fingerprint density at radius 1 is 0.542 bits per heavy atom. The third-order valence-electron chi connectivity index (χ3n) is 8.68. The third-order valence-corrected chi connectivity index (χ3v) is 10.9. The second-order valence-corrected chi connectivity index (χ2v) is 13.6. The third kappa shape index (κ3) is 5.96. The number of ether oxygens (including phenoxy) is 2. The molecule has 2 heterocycles. The molecule has 2 aliphatic rings. The van der Waals surface area contributed by atoms with Crippen LogP contribution < -0.4 is 9.47 Å². The van der Waals surface area contributed by atoms with Crippen LogP contribution in [0.25, 0.3) is 32.7 Å². The number of benzene rings is 4. The summed E-state index contributed by atoms with van der Waals surface area (Å²) >= 11 is 4.67. The Labute approximate surface area is 305 Å². The van der Waals surface area contributed by atoms with Crippen LogP contribution in [-0.2, 0) is 13.1 Å². The normalized spacial score (nSPS) is 14.3. The van der Waals surface area contributed by atoms with Crippen LogP contribution in [0.2, 0.25) is 0 Å². The maximum Gasteiger partial charge on any atom is 0.128 e. The SMILES string of the molecule is Ic1c(C2C=CC=C2)nnn1CCOc1ccc2ccccc2c1-c1c(OCCn2nnc(C3C=CC=C3)c2I)ccc2ccccc12. The summed E-state index contributed by atoms with van der Waals surface area (Å²) in [6.45, 7) is 2.00. The van der Waals surface area contributed by atoms with Crippen LogP contribution in [0.15, 0.2) is 121 Å². The van der Waals surface area contributed by atoms with Crippen molar-refractivity contribution >= 4 is 66.7 Å². The summed E-state index contributed by atoms with van der Waals surface area (Å²) in [7, 11) is 0. The predicted molar refractivity (Wildman–Crippen MR) is 205 cm³/mol. The molecule has 48 heavy (non-hydrogen) atoms. The zero-order valence-corrected chi connectivity index (χ0v) is 30.1. The van der Waals surface area contributed by atoms with Crippen LogP contribution >= 0.6 is 45.2 Å². The van der Waals surface area contributed by atoms with Crippen LogP contribution in [-0.4, -0.2) is 43.2 Å². The Bertz CT molecular complexity index is 2080. The molecule has 0 atom stereocenters. The molecule has 0 saturated carbocycles. The molecule has 0 aliphatic heterocycles. The highest BCUT2D eigenvalue weighted by Crippen LogP contribution is 2.45. The molecule has 2 aliphatic carbocycles. The van der Waals surface area contributed by atoms with Crippen LogP contribution in [0, 0.1) is 7.40 Å². The largest absolute Gasteiger partial charge is 0.491 e. The molecule has 0 saturated heterocycles. The standard InChI is InChI=1S/C38H30I2N6O2/c39-37-35(27-11-1-2-12-27)41-43-45(37)21-23-47-31-19-17-25-9-5-7-15-29(25)33(31)34-30-16-8-6-10-26(30)18-20-32(34)48-24-22-46-38(40)36(42-44-46)28-13-3-4-14-28/h1-20,27-28H,21-24H2. The van der Waals surface area contributed by atoms with Crippen molar-refractivity contribution in [2.45, 2.75) is 24.9 Å². The minimum atomic E-state index is 0.167.